The minimum atomic E-state index is -4.96. The van der Waals surface area contributed by atoms with Gasteiger partial charge in [0.05, 0.1) is 11.3 Å². The number of hydrogen-bond donors (Lipinski definition) is 1. The zero-order chi connectivity index (χ0) is 23.1. The lowest BCUT2D eigenvalue weighted by Crippen LogP contribution is -2.36. The number of benzene rings is 2. The molecule has 1 aromatic heterocycles. The van der Waals surface area contributed by atoms with Crippen LogP contribution in [0.25, 0.3) is 5.69 Å². The molecule has 0 radical (unpaired) electrons. The van der Waals surface area contributed by atoms with Gasteiger partial charge >= 0.3 is 11.9 Å². The van der Waals surface area contributed by atoms with Crippen LogP contribution in [0.4, 0.5) is 17.6 Å². The highest BCUT2D eigenvalue weighted by Gasteiger charge is 2.33. The largest absolute Gasteiger partial charge is 0.455 e. The minimum absolute atomic E-state index is 0.147. The van der Waals surface area contributed by atoms with Gasteiger partial charge in [0.2, 0.25) is 0 Å². The molecule has 0 spiro atoms. The first-order valence-corrected chi connectivity index (χ1v) is 8.86. The Morgan fingerprint density at radius 2 is 1.71 bits per heavy atom. The molecule has 0 amide bonds. The third-order valence-electron chi connectivity index (χ3n) is 4.73. The Kier molecular flexibility index (Phi) is 5.46. The summed E-state index contributed by atoms with van der Waals surface area (Å²) in [4.78, 5) is 25.9. The molecule has 3 rings (SSSR count). The predicted octanol–water partition coefficient (Wildman–Crippen LogP) is 4.27. The number of halogens is 4. The summed E-state index contributed by atoms with van der Waals surface area (Å²) >= 11 is 0. The minimum Gasteiger partial charge on any atom is -0.455 e. The monoisotopic (exact) mass is 433 g/mol. The molecule has 3 aromatic rings. The molecule has 0 atom stereocenters. The summed E-state index contributed by atoms with van der Waals surface area (Å²) in [6.07, 6.45) is -4.96. The van der Waals surface area contributed by atoms with Crippen LogP contribution in [0, 0.1) is 37.9 Å². The number of H-pyrrole nitrogens is 1. The number of nitrogens with zero attached hydrogens (tertiary/aromatic N) is 2. The van der Waals surface area contributed by atoms with Crippen LogP contribution in [0.1, 0.15) is 27.9 Å². The Morgan fingerprint density at radius 1 is 1.06 bits per heavy atom. The molecule has 0 aliphatic rings. The average molecular weight is 433 g/mol. The zero-order valence-corrected chi connectivity index (χ0v) is 16.5. The Balaban J connectivity index is 2.23. The molecule has 6 nitrogen and oxygen atoms in total. The van der Waals surface area contributed by atoms with Crippen LogP contribution in [0.3, 0.4) is 0 Å². The first-order chi connectivity index (χ1) is 14.4. The number of nitriles is 1. The van der Waals surface area contributed by atoms with Gasteiger partial charge in [-0.2, -0.15) is 18.4 Å². The van der Waals surface area contributed by atoms with E-state index in [0.717, 1.165) is 23.3 Å². The van der Waals surface area contributed by atoms with Crippen molar-refractivity contribution < 1.29 is 22.3 Å². The highest BCUT2D eigenvalue weighted by atomic mass is 19.4. The summed E-state index contributed by atoms with van der Waals surface area (Å²) in [5.41, 5.74) is -2.98. The van der Waals surface area contributed by atoms with E-state index in [9.17, 15) is 32.4 Å². The summed E-state index contributed by atoms with van der Waals surface area (Å²) < 4.78 is 59.1. The molecule has 0 saturated heterocycles. The topological polar surface area (TPSA) is 87.9 Å². The van der Waals surface area contributed by atoms with E-state index in [-0.39, 0.29) is 21.9 Å². The number of alkyl halides is 3. The van der Waals surface area contributed by atoms with E-state index in [4.69, 9.17) is 4.74 Å². The lowest BCUT2D eigenvalue weighted by molar-refractivity contribution is -0.141. The molecule has 160 valence electrons. The van der Waals surface area contributed by atoms with Gasteiger partial charge in [-0.05, 0) is 43.5 Å². The van der Waals surface area contributed by atoms with Gasteiger partial charge in [0, 0.05) is 12.1 Å². The van der Waals surface area contributed by atoms with Crippen molar-refractivity contribution in [1.29, 1.82) is 5.26 Å². The van der Waals surface area contributed by atoms with Crippen LogP contribution in [-0.4, -0.2) is 9.55 Å². The van der Waals surface area contributed by atoms with Crippen LogP contribution in [0.15, 0.2) is 39.9 Å². The lowest BCUT2D eigenvalue weighted by atomic mass is 10.1. The molecular weight excluding hydrogens is 418 g/mol. The molecular formula is C21H15F4N3O3. The molecule has 0 unspecified atom stereocenters. The van der Waals surface area contributed by atoms with Crippen LogP contribution >= 0.6 is 0 Å². The fourth-order valence-corrected chi connectivity index (χ4v) is 2.95. The van der Waals surface area contributed by atoms with E-state index >= 15 is 0 Å². The maximum absolute atomic E-state index is 14.6. The highest BCUT2D eigenvalue weighted by Crippen LogP contribution is 2.34. The van der Waals surface area contributed by atoms with Gasteiger partial charge in [-0.3, -0.25) is 4.79 Å². The van der Waals surface area contributed by atoms with Gasteiger partial charge < -0.3 is 9.72 Å². The number of rotatable bonds is 3. The SMILES string of the molecule is Cc1ccc(C)c(Oc2cc(-n3c(=O)cc(C(F)(F)F)[nH]c3=O)c(F)cc2C#N)c1C. The van der Waals surface area contributed by atoms with Crippen molar-refractivity contribution in [1.82, 2.24) is 9.55 Å². The Hall–Kier alpha value is -3.87. The fourth-order valence-electron chi connectivity index (χ4n) is 2.95. The average Bonchev–Trinajstić information content (AvgIpc) is 2.68. The number of aromatic amines is 1. The Labute approximate surface area is 173 Å². The van der Waals surface area contributed by atoms with Crippen molar-refractivity contribution in [3.05, 3.63) is 84.9 Å². The second-order valence-electron chi connectivity index (χ2n) is 6.83. The highest BCUT2D eigenvalue weighted by molar-refractivity contribution is 5.55. The summed E-state index contributed by atoms with van der Waals surface area (Å²) in [6, 6.07) is 7.22. The number of ether oxygens (including phenoxy) is 1. The quantitative estimate of drug-likeness (QED) is 0.625. The van der Waals surface area contributed by atoms with Crippen LogP contribution in [0.2, 0.25) is 0 Å². The molecule has 0 bridgehead atoms. The molecule has 0 aliphatic heterocycles. The van der Waals surface area contributed by atoms with E-state index in [0.29, 0.717) is 11.3 Å². The van der Waals surface area contributed by atoms with Crippen molar-refractivity contribution in [2.24, 2.45) is 0 Å². The number of hydrogen-bond acceptors (Lipinski definition) is 4. The molecule has 0 aliphatic carbocycles. The van der Waals surface area contributed by atoms with E-state index in [1.807, 2.05) is 13.0 Å². The molecule has 0 saturated carbocycles. The number of aryl methyl sites for hydroxylation is 2. The zero-order valence-electron chi connectivity index (χ0n) is 16.5. The van der Waals surface area contributed by atoms with Crippen molar-refractivity contribution in [3.63, 3.8) is 0 Å². The molecule has 0 fully saturated rings. The summed E-state index contributed by atoms with van der Waals surface area (Å²) in [5.74, 6) is -0.932. The van der Waals surface area contributed by atoms with E-state index in [1.54, 1.807) is 26.0 Å². The maximum Gasteiger partial charge on any atom is 0.431 e. The van der Waals surface area contributed by atoms with Gasteiger partial charge in [0.25, 0.3) is 5.56 Å². The van der Waals surface area contributed by atoms with E-state index < -0.39 is 34.6 Å². The third-order valence-corrected chi connectivity index (χ3v) is 4.73. The lowest BCUT2D eigenvalue weighted by Gasteiger charge is -2.16. The molecule has 2 aromatic carbocycles. The second kappa shape index (κ2) is 7.75. The number of nitrogens with one attached hydrogen (secondary N) is 1. The van der Waals surface area contributed by atoms with Crippen LogP contribution in [0.5, 0.6) is 11.5 Å². The van der Waals surface area contributed by atoms with Gasteiger partial charge in [-0.25, -0.2) is 13.8 Å². The van der Waals surface area contributed by atoms with Crippen molar-refractivity contribution in [2.45, 2.75) is 26.9 Å². The number of aromatic nitrogens is 2. The van der Waals surface area contributed by atoms with Gasteiger partial charge in [-0.1, -0.05) is 12.1 Å². The fraction of sp³-hybridized carbons (Fsp3) is 0.190. The standard InChI is InChI=1S/C21H15F4N3O3/c1-10-4-5-11(2)19(12(10)3)31-16-7-15(14(22)6-13(16)9-26)28-18(29)8-17(21(23,24)25)27-20(28)30/h4-8H,1-3H3,(H,27,30). The van der Waals surface area contributed by atoms with Crippen molar-refractivity contribution in [2.75, 3.05) is 0 Å². The predicted molar refractivity (Wildman–Crippen MR) is 103 cm³/mol. The second-order valence-corrected chi connectivity index (χ2v) is 6.83. The van der Waals surface area contributed by atoms with Gasteiger partial charge in [-0.15, -0.1) is 0 Å². The third kappa shape index (κ3) is 4.07. The van der Waals surface area contributed by atoms with E-state index in [2.05, 4.69) is 0 Å². The summed E-state index contributed by atoms with van der Waals surface area (Å²) in [7, 11) is 0. The molecule has 1 N–H and O–H groups in total. The Bertz CT molecular complexity index is 1320. The maximum atomic E-state index is 14.6. The smallest absolute Gasteiger partial charge is 0.431 e. The summed E-state index contributed by atoms with van der Waals surface area (Å²) in [5, 5.41) is 9.35. The van der Waals surface area contributed by atoms with Crippen molar-refractivity contribution >= 4 is 0 Å². The van der Waals surface area contributed by atoms with Gasteiger partial charge in [0.1, 0.15) is 29.1 Å². The molecule has 1 heterocycles. The van der Waals surface area contributed by atoms with Crippen LogP contribution in [-0.2, 0) is 6.18 Å². The van der Waals surface area contributed by atoms with E-state index in [1.165, 1.54) is 4.98 Å². The molecule has 31 heavy (non-hydrogen) atoms. The van der Waals surface area contributed by atoms with Gasteiger partial charge in [0.15, 0.2) is 0 Å². The molecule has 10 heteroatoms. The van der Waals surface area contributed by atoms with Crippen LogP contribution < -0.4 is 16.0 Å². The normalized spacial score (nSPS) is 11.3. The van der Waals surface area contributed by atoms with Crippen molar-refractivity contribution in [3.8, 4) is 23.3 Å². The Morgan fingerprint density at radius 3 is 2.29 bits per heavy atom. The first-order valence-electron chi connectivity index (χ1n) is 8.86. The first kappa shape index (κ1) is 21.8. The summed E-state index contributed by atoms with van der Waals surface area (Å²) in [6.45, 7) is 5.37.